The fourth-order valence-corrected chi connectivity index (χ4v) is 3.60. The van der Waals surface area contributed by atoms with Crippen molar-refractivity contribution in [1.82, 2.24) is 9.97 Å². The van der Waals surface area contributed by atoms with E-state index in [1.165, 1.54) is 9.79 Å². The number of thioether (sulfide) groups is 2. The number of hydrogen-bond donors (Lipinski definition) is 0. The van der Waals surface area contributed by atoms with Crippen molar-refractivity contribution >= 4 is 45.6 Å². The van der Waals surface area contributed by atoms with Crippen LogP contribution < -0.4 is 0 Å². The summed E-state index contributed by atoms with van der Waals surface area (Å²) in [6.45, 7) is 0. The topological polar surface area (TPSA) is 25.8 Å². The smallest absolute Gasteiger partial charge is 0.104 e. The van der Waals surface area contributed by atoms with Crippen molar-refractivity contribution < 1.29 is 0 Å². The van der Waals surface area contributed by atoms with Crippen LogP contribution in [-0.2, 0) is 0 Å². The molecule has 0 radical (unpaired) electrons. The predicted molar refractivity (Wildman–Crippen MR) is 80.6 cm³/mol. The molecule has 90 valence electrons. The Bertz CT molecular complexity index is 725. The third-order valence-corrected chi connectivity index (χ3v) is 4.58. The first-order chi connectivity index (χ1) is 8.83. The van der Waals surface area contributed by atoms with Crippen LogP contribution in [0, 0.1) is 0 Å². The minimum Gasteiger partial charge on any atom is -0.244 e. The van der Waals surface area contributed by atoms with Crippen LogP contribution in [0.2, 0.25) is 0 Å². The molecule has 0 saturated carbocycles. The van der Waals surface area contributed by atoms with Gasteiger partial charge in [-0.2, -0.15) is 0 Å². The Labute approximate surface area is 114 Å². The van der Waals surface area contributed by atoms with E-state index in [9.17, 15) is 0 Å². The monoisotopic (exact) mass is 272 g/mol. The summed E-state index contributed by atoms with van der Waals surface area (Å²) in [6.07, 6.45) is 4.18. The summed E-state index contributed by atoms with van der Waals surface area (Å²) in [5, 5.41) is 0. The molecule has 18 heavy (non-hydrogen) atoms. The lowest BCUT2D eigenvalue weighted by atomic mass is 10.2. The first kappa shape index (κ1) is 11.8. The number of aromatic nitrogens is 2. The van der Waals surface area contributed by atoms with Gasteiger partial charge in [0.2, 0.25) is 0 Å². The molecule has 0 unspecified atom stereocenters. The molecule has 0 aliphatic carbocycles. The van der Waals surface area contributed by atoms with Crippen molar-refractivity contribution in [2.24, 2.45) is 0 Å². The standard InChI is InChI=1S/C14H12N2S2/c1-17-12-8-7-11-13(14(12)18-2)16-10-6-4-3-5-9(10)15-11/h3-8H,1-2H3. The quantitative estimate of drug-likeness (QED) is 0.515. The molecule has 0 fully saturated rings. The lowest BCUT2D eigenvalue weighted by Gasteiger charge is -2.08. The normalized spacial score (nSPS) is 11.2. The molecular weight excluding hydrogens is 260 g/mol. The Morgan fingerprint density at radius 2 is 1.50 bits per heavy atom. The molecule has 0 saturated heterocycles. The number of hydrogen-bond acceptors (Lipinski definition) is 4. The summed E-state index contributed by atoms with van der Waals surface area (Å²) >= 11 is 3.49. The van der Waals surface area contributed by atoms with Gasteiger partial charge in [0.25, 0.3) is 0 Å². The van der Waals surface area contributed by atoms with Crippen molar-refractivity contribution in [3.63, 3.8) is 0 Å². The molecule has 2 nitrogen and oxygen atoms in total. The molecule has 0 N–H and O–H groups in total. The number of para-hydroxylation sites is 2. The van der Waals surface area contributed by atoms with Crippen LogP contribution in [0.25, 0.3) is 22.1 Å². The number of fused-ring (bicyclic) bond motifs is 2. The fraction of sp³-hybridized carbons (Fsp3) is 0.143. The SMILES string of the molecule is CSc1ccc2nc3ccccc3nc2c1SC. The first-order valence-corrected chi connectivity index (χ1v) is 8.06. The van der Waals surface area contributed by atoms with E-state index < -0.39 is 0 Å². The van der Waals surface area contributed by atoms with Crippen LogP contribution in [0.5, 0.6) is 0 Å². The van der Waals surface area contributed by atoms with Crippen molar-refractivity contribution in [1.29, 1.82) is 0 Å². The van der Waals surface area contributed by atoms with Crippen LogP contribution in [0.4, 0.5) is 0 Å². The molecule has 0 bridgehead atoms. The highest BCUT2D eigenvalue weighted by atomic mass is 32.2. The van der Waals surface area contributed by atoms with E-state index in [1.807, 2.05) is 24.3 Å². The van der Waals surface area contributed by atoms with E-state index >= 15 is 0 Å². The minimum atomic E-state index is 0.953. The number of rotatable bonds is 2. The zero-order valence-corrected chi connectivity index (χ0v) is 11.8. The molecule has 0 amide bonds. The van der Waals surface area contributed by atoms with Crippen molar-refractivity contribution in [2.45, 2.75) is 9.79 Å². The van der Waals surface area contributed by atoms with Gasteiger partial charge in [-0.05, 0) is 36.8 Å². The van der Waals surface area contributed by atoms with Gasteiger partial charge < -0.3 is 0 Å². The molecule has 1 heterocycles. The summed E-state index contributed by atoms with van der Waals surface area (Å²) in [5.74, 6) is 0. The number of benzene rings is 2. The molecule has 0 aliphatic heterocycles. The summed E-state index contributed by atoms with van der Waals surface area (Å²) in [5.41, 5.74) is 3.89. The van der Waals surface area contributed by atoms with Gasteiger partial charge in [0.15, 0.2) is 0 Å². The van der Waals surface area contributed by atoms with Crippen molar-refractivity contribution in [3.8, 4) is 0 Å². The summed E-state index contributed by atoms with van der Waals surface area (Å²) < 4.78 is 0. The van der Waals surface area contributed by atoms with Crippen molar-refractivity contribution in [3.05, 3.63) is 36.4 Å². The average Bonchev–Trinajstić information content (AvgIpc) is 2.43. The Balaban J connectivity index is 2.42. The van der Waals surface area contributed by atoms with E-state index in [2.05, 4.69) is 29.6 Å². The second-order valence-electron chi connectivity index (χ2n) is 3.88. The van der Waals surface area contributed by atoms with Crippen LogP contribution in [-0.4, -0.2) is 22.5 Å². The molecule has 4 heteroatoms. The van der Waals surface area contributed by atoms with Crippen LogP contribution >= 0.6 is 23.5 Å². The third-order valence-electron chi connectivity index (χ3n) is 2.85. The number of nitrogens with zero attached hydrogens (tertiary/aromatic N) is 2. The highest BCUT2D eigenvalue weighted by molar-refractivity contribution is 8.01. The van der Waals surface area contributed by atoms with Gasteiger partial charge >= 0.3 is 0 Å². The van der Waals surface area contributed by atoms with Crippen LogP contribution in [0.15, 0.2) is 46.2 Å². The van der Waals surface area contributed by atoms with E-state index in [0.717, 1.165) is 22.1 Å². The lowest BCUT2D eigenvalue weighted by molar-refractivity contribution is 1.24. The van der Waals surface area contributed by atoms with Crippen LogP contribution in [0.1, 0.15) is 0 Å². The molecule has 0 atom stereocenters. The van der Waals surface area contributed by atoms with E-state index in [1.54, 1.807) is 23.5 Å². The van der Waals surface area contributed by atoms with Gasteiger partial charge in [-0.15, -0.1) is 23.5 Å². The summed E-state index contributed by atoms with van der Waals surface area (Å²) in [4.78, 5) is 11.9. The van der Waals surface area contributed by atoms with Gasteiger partial charge in [-0.1, -0.05) is 12.1 Å². The van der Waals surface area contributed by atoms with E-state index in [0.29, 0.717) is 0 Å². The second kappa shape index (κ2) is 4.78. The maximum atomic E-state index is 4.76. The fourth-order valence-electron chi connectivity index (χ4n) is 2.00. The molecule has 0 spiro atoms. The zero-order valence-electron chi connectivity index (χ0n) is 10.2. The third kappa shape index (κ3) is 1.85. The largest absolute Gasteiger partial charge is 0.244 e. The second-order valence-corrected chi connectivity index (χ2v) is 5.55. The minimum absolute atomic E-state index is 0.953. The summed E-state index contributed by atoms with van der Waals surface area (Å²) in [7, 11) is 0. The Morgan fingerprint density at radius 1 is 0.778 bits per heavy atom. The van der Waals surface area contributed by atoms with Gasteiger partial charge in [-0.25, -0.2) is 9.97 Å². The molecule has 2 aromatic carbocycles. The Hall–Kier alpha value is -1.26. The highest BCUT2D eigenvalue weighted by Gasteiger charge is 2.09. The van der Waals surface area contributed by atoms with Gasteiger partial charge in [0.05, 0.1) is 16.6 Å². The molecule has 1 aromatic heterocycles. The summed E-state index contributed by atoms with van der Waals surface area (Å²) in [6, 6.07) is 12.2. The van der Waals surface area contributed by atoms with Crippen LogP contribution in [0.3, 0.4) is 0 Å². The molecule has 3 aromatic rings. The maximum absolute atomic E-state index is 4.76. The zero-order chi connectivity index (χ0) is 12.5. The predicted octanol–water partition coefficient (Wildman–Crippen LogP) is 4.23. The van der Waals surface area contributed by atoms with E-state index in [-0.39, 0.29) is 0 Å². The lowest BCUT2D eigenvalue weighted by Crippen LogP contribution is -1.90. The van der Waals surface area contributed by atoms with Crippen molar-refractivity contribution in [2.75, 3.05) is 12.5 Å². The molecular formula is C14H12N2S2. The van der Waals surface area contributed by atoms with E-state index in [4.69, 9.17) is 4.98 Å². The Morgan fingerprint density at radius 3 is 2.17 bits per heavy atom. The molecule has 0 aliphatic rings. The first-order valence-electron chi connectivity index (χ1n) is 5.61. The van der Waals surface area contributed by atoms with Gasteiger partial charge in [-0.3, -0.25) is 0 Å². The van der Waals surface area contributed by atoms with Gasteiger partial charge in [0, 0.05) is 9.79 Å². The van der Waals surface area contributed by atoms with Gasteiger partial charge in [0.1, 0.15) is 5.52 Å². The molecule has 3 rings (SSSR count). The average molecular weight is 272 g/mol. The Kier molecular flexibility index (Phi) is 3.14. The maximum Gasteiger partial charge on any atom is 0.104 e. The highest BCUT2D eigenvalue weighted by Crippen LogP contribution is 2.34.